The molecule has 2 aliphatic rings. The standard InChI is InChI=1S/C18H26N2O2/c1-12-7-8-16-13(10-12)14-11-20(9-5-6-15(14)19-16)17(21)22-18(2,3)4/h7-8,10,14-15,19H,5-6,9,11H2,1-4H3/t14-,15-/m0/s1. The van der Waals surface area contributed by atoms with Gasteiger partial charge in [0.15, 0.2) is 0 Å². The lowest BCUT2D eigenvalue weighted by atomic mass is 9.92. The minimum absolute atomic E-state index is 0.186. The number of benzene rings is 1. The second kappa shape index (κ2) is 5.49. The number of carbonyl (C=O) groups excluding carboxylic acids is 1. The number of likely N-dealkylation sites (tertiary alicyclic amines) is 1. The number of anilines is 1. The summed E-state index contributed by atoms with van der Waals surface area (Å²) < 4.78 is 5.56. The SMILES string of the molecule is Cc1ccc2c(c1)[C@@H]1CN(C(=O)OC(C)(C)C)CCC[C@@H]1N2. The molecule has 0 bridgehead atoms. The van der Waals surface area contributed by atoms with Gasteiger partial charge in [-0.3, -0.25) is 0 Å². The molecule has 4 heteroatoms. The number of nitrogens with one attached hydrogen (secondary N) is 1. The molecule has 2 heterocycles. The van der Waals surface area contributed by atoms with Crippen LogP contribution < -0.4 is 5.32 Å². The second-order valence-electron chi connectivity index (χ2n) is 7.52. The number of amides is 1. The van der Waals surface area contributed by atoms with Crippen LogP contribution in [0.5, 0.6) is 0 Å². The number of rotatable bonds is 0. The summed E-state index contributed by atoms with van der Waals surface area (Å²) in [6.07, 6.45) is 1.92. The molecular formula is C18H26N2O2. The predicted molar refractivity (Wildman–Crippen MR) is 88.4 cm³/mol. The van der Waals surface area contributed by atoms with Gasteiger partial charge in [0.25, 0.3) is 0 Å². The van der Waals surface area contributed by atoms with Crippen LogP contribution in [-0.2, 0) is 4.74 Å². The molecule has 22 heavy (non-hydrogen) atoms. The highest BCUT2D eigenvalue weighted by Crippen LogP contribution is 2.40. The number of ether oxygens (including phenoxy) is 1. The van der Waals surface area contributed by atoms with Gasteiger partial charge in [-0.15, -0.1) is 0 Å². The molecule has 1 saturated heterocycles. The minimum atomic E-state index is -0.439. The van der Waals surface area contributed by atoms with Crippen molar-refractivity contribution in [2.75, 3.05) is 18.4 Å². The van der Waals surface area contributed by atoms with E-state index in [0.717, 1.165) is 25.9 Å². The molecule has 1 N–H and O–H groups in total. The van der Waals surface area contributed by atoms with E-state index in [0.29, 0.717) is 12.0 Å². The van der Waals surface area contributed by atoms with Crippen LogP contribution in [0, 0.1) is 6.92 Å². The Labute approximate surface area is 132 Å². The molecule has 1 aromatic carbocycles. The summed E-state index contributed by atoms with van der Waals surface area (Å²) >= 11 is 0. The molecule has 0 radical (unpaired) electrons. The molecule has 3 rings (SSSR count). The van der Waals surface area contributed by atoms with Crippen LogP contribution in [0.3, 0.4) is 0 Å². The van der Waals surface area contributed by atoms with Crippen molar-refractivity contribution in [3.05, 3.63) is 29.3 Å². The lowest BCUT2D eigenvalue weighted by Crippen LogP contribution is -2.39. The average Bonchev–Trinajstić information content (AvgIpc) is 2.61. The van der Waals surface area contributed by atoms with E-state index in [1.54, 1.807) is 0 Å². The molecule has 0 unspecified atom stereocenters. The van der Waals surface area contributed by atoms with Crippen molar-refractivity contribution in [2.24, 2.45) is 0 Å². The van der Waals surface area contributed by atoms with Crippen molar-refractivity contribution in [3.63, 3.8) is 0 Å². The van der Waals surface area contributed by atoms with E-state index in [2.05, 4.69) is 30.4 Å². The van der Waals surface area contributed by atoms with E-state index < -0.39 is 5.60 Å². The van der Waals surface area contributed by atoms with Crippen molar-refractivity contribution in [2.45, 2.75) is 58.1 Å². The van der Waals surface area contributed by atoms with E-state index in [1.165, 1.54) is 16.8 Å². The van der Waals surface area contributed by atoms with E-state index in [1.807, 2.05) is 25.7 Å². The van der Waals surface area contributed by atoms with Crippen molar-refractivity contribution in [3.8, 4) is 0 Å². The highest BCUT2D eigenvalue weighted by atomic mass is 16.6. The van der Waals surface area contributed by atoms with Gasteiger partial charge in [0.1, 0.15) is 5.60 Å². The first kappa shape index (κ1) is 15.2. The Hall–Kier alpha value is -1.71. The number of hydrogen-bond donors (Lipinski definition) is 1. The van der Waals surface area contributed by atoms with Gasteiger partial charge in [0, 0.05) is 30.7 Å². The zero-order valence-corrected chi connectivity index (χ0v) is 14.0. The number of carbonyl (C=O) groups is 1. The van der Waals surface area contributed by atoms with Gasteiger partial charge < -0.3 is 15.0 Å². The average molecular weight is 302 g/mol. The first-order valence-corrected chi connectivity index (χ1v) is 8.18. The van der Waals surface area contributed by atoms with E-state index in [4.69, 9.17) is 4.74 Å². The van der Waals surface area contributed by atoms with Crippen molar-refractivity contribution in [1.29, 1.82) is 0 Å². The molecule has 0 spiro atoms. The van der Waals surface area contributed by atoms with Crippen LogP contribution in [0.25, 0.3) is 0 Å². The fraction of sp³-hybridized carbons (Fsp3) is 0.611. The van der Waals surface area contributed by atoms with Gasteiger partial charge >= 0.3 is 6.09 Å². The third-order valence-electron chi connectivity index (χ3n) is 4.45. The largest absolute Gasteiger partial charge is 0.444 e. The fourth-order valence-electron chi connectivity index (χ4n) is 3.46. The first-order valence-electron chi connectivity index (χ1n) is 8.18. The van der Waals surface area contributed by atoms with Crippen LogP contribution >= 0.6 is 0 Å². The third kappa shape index (κ3) is 3.06. The Balaban J connectivity index is 1.80. The summed E-state index contributed by atoms with van der Waals surface area (Å²) in [7, 11) is 0. The summed E-state index contributed by atoms with van der Waals surface area (Å²) in [4.78, 5) is 14.3. The van der Waals surface area contributed by atoms with Gasteiger partial charge in [-0.2, -0.15) is 0 Å². The van der Waals surface area contributed by atoms with Crippen molar-refractivity contribution < 1.29 is 9.53 Å². The fourth-order valence-corrected chi connectivity index (χ4v) is 3.46. The van der Waals surface area contributed by atoms with Crippen LogP contribution in [0.4, 0.5) is 10.5 Å². The van der Waals surface area contributed by atoms with Gasteiger partial charge in [-0.1, -0.05) is 17.7 Å². The van der Waals surface area contributed by atoms with E-state index in [9.17, 15) is 4.79 Å². The third-order valence-corrected chi connectivity index (χ3v) is 4.45. The molecule has 1 aromatic rings. The Bertz CT molecular complexity index is 577. The normalized spacial score (nSPS) is 24.1. The van der Waals surface area contributed by atoms with Crippen LogP contribution in [0.2, 0.25) is 0 Å². The lowest BCUT2D eigenvalue weighted by molar-refractivity contribution is 0.0249. The molecular weight excluding hydrogens is 276 g/mol. The zero-order valence-electron chi connectivity index (χ0n) is 14.0. The molecule has 0 aliphatic carbocycles. The maximum Gasteiger partial charge on any atom is 0.410 e. The monoisotopic (exact) mass is 302 g/mol. The summed E-state index contributed by atoms with van der Waals surface area (Å²) in [5.41, 5.74) is 3.41. The molecule has 0 aromatic heterocycles. The first-order chi connectivity index (χ1) is 10.3. The van der Waals surface area contributed by atoms with Crippen LogP contribution in [0.1, 0.15) is 50.7 Å². The van der Waals surface area contributed by atoms with E-state index >= 15 is 0 Å². The Morgan fingerprint density at radius 2 is 2.14 bits per heavy atom. The Morgan fingerprint density at radius 1 is 1.36 bits per heavy atom. The topological polar surface area (TPSA) is 41.6 Å². The quantitative estimate of drug-likeness (QED) is 0.790. The molecule has 2 atom stereocenters. The second-order valence-corrected chi connectivity index (χ2v) is 7.52. The van der Waals surface area contributed by atoms with Crippen molar-refractivity contribution >= 4 is 11.8 Å². The number of fused-ring (bicyclic) bond motifs is 3. The van der Waals surface area contributed by atoms with Crippen LogP contribution in [-0.4, -0.2) is 35.7 Å². The Kier molecular flexibility index (Phi) is 3.79. The molecule has 4 nitrogen and oxygen atoms in total. The van der Waals surface area contributed by atoms with Crippen LogP contribution in [0.15, 0.2) is 18.2 Å². The number of nitrogens with zero attached hydrogens (tertiary/aromatic N) is 1. The summed E-state index contributed by atoms with van der Waals surface area (Å²) in [6, 6.07) is 7.00. The number of aryl methyl sites for hydroxylation is 1. The number of hydrogen-bond acceptors (Lipinski definition) is 3. The molecule has 2 aliphatic heterocycles. The van der Waals surface area contributed by atoms with E-state index in [-0.39, 0.29) is 6.09 Å². The van der Waals surface area contributed by atoms with Gasteiger partial charge in [0.2, 0.25) is 0 Å². The summed E-state index contributed by atoms with van der Waals surface area (Å²) in [5.74, 6) is 0.366. The lowest BCUT2D eigenvalue weighted by Gasteiger charge is -2.28. The van der Waals surface area contributed by atoms with Gasteiger partial charge in [0.05, 0.1) is 0 Å². The molecule has 1 amide bonds. The zero-order chi connectivity index (χ0) is 15.9. The maximum atomic E-state index is 12.4. The van der Waals surface area contributed by atoms with Crippen molar-refractivity contribution in [1.82, 2.24) is 4.90 Å². The maximum absolute atomic E-state index is 12.4. The van der Waals surface area contributed by atoms with Gasteiger partial charge in [-0.25, -0.2) is 4.79 Å². The summed E-state index contributed by atoms with van der Waals surface area (Å²) in [5, 5.41) is 3.63. The highest BCUT2D eigenvalue weighted by molar-refractivity contribution is 5.69. The van der Waals surface area contributed by atoms with Gasteiger partial charge in [-0.05, 0) is 52.2 Å². The smallest absolute Gasteiger partial charge is 0.410 e. The minimum Gasteiger partial charge on any atom is -0.444 e. The Morgan fingerprint density at radius 3 is 2.86 bits per heavy atom. The summed E-state index contributed by atoms with van der Waals surface area (Å²) in [6.45, 7) is 9.40. The molecule has 1 fully saturated rings. The predicted octanol–water partition coefficient (Wildman–Crippen LogP) is 3.90. The highest BCUT2D eigenvalue weighted by Gasteiger charge is 2.37. The molecule has 120 valence electrons. The molecule has 0 saturated carbocycles.